The van der Waals surface area contributed by atoms with Crippen LogP contribution in [-0.4, -0.2) is 22.2 Å². The first kappa shape index (κ1) is 22.7. The number of aliphatic hydroxyl groups is 1. The molecule has 166 valence electrons. The van der Waals surface area contributed by atoms with Gasteiger partial charge < -0.3 is 9.84 Å². The minimum Gasteiger partial charge on any atom is -0.456 e. The van der Waals surface area contributed by atoms with Crippen LogP contribution in [0.1, 0.15) is 41.0 Å². The van der Waals surface area contributed by atoms with Crippen LogP contribution in [0, 0.1) is 0 Å². The highest BCUT2D eigenvalue weighted by molar-refractivity contribution is 6.31. The summed E-state index contributed by atoms with van der Waals surface area (Å²) in [6.45, 7) is 3.33. The van der Waals surface area contributed by atoms with Crippen LogP contribution < -0.4 is 0 Å². The molecule has 0 aliphatic heterocycles. The predicted octanol–water partition coefficient (Wildman–Crippen LogP) is 6.51. The van der Waals surface area contributed by atoms with E-state index in [0.717, 1.165) is 22.2 Å². The highest BCUT2D eigenvalue weighted by Crippen LogP contribution is 2.28. The Morgan fingerprint density at radius 2 is 1.76 bits per heavy atom. The van der Waals surface area contributed by atoms with Crippen molar-refractivity contribution in [3.63, 3.8) is 0 Å². The third-order valence-corrected chi connectivity index (χ3v) is 5.91. The van der Waals surface area contributed by atoms with Crippen molar-refractivity contribution in [2.75, 3.05) is 0 Å². The molecule has 0 aliphatic rings. The first-order valence-electron chi connectivity index (χ1n) is 10.7. The van der Waals surface area contributed by atoms with E-state index in [0.29, 0.717) is 16.1 Å². The quantitative estimate of drug-likeness (QED) is 0.335. The molecule has 0 saturated heterocycles. The van der Waals surface area contributed by atoms with Crippen molar-refractivity contribution in [2.45, 2.75) is 25.6 Å². The molecule has 3 aromatic carbocycles. The molecule has 1 aromatic heterocycles. The van der Waals surface area contributed by atoms with Gasteiger partial charge in [-0.1, -0.05) is 66.2 Å². The number of aromatic nitrogens is 1. The summed E-state index contributed by atoms with van der Waals surface area (Å²) in [6.07, 6.45) is 3.09. The fourth-order valence-electron chi connectivity index (χ4n) is 3.49. The number of esters is 1. The van der Waals surface area contributed by atoms with Gasteiger partial charge in [0, 0.05) is 10.4 Å². The Hall–Kier alpha value is -3.47. The minimum atomic E-state index is -1.37. The summed E-state index contributed by atoms with van der Waals surface area (Å²) in [5, 5.41) is 12.8. The van der Waals surface area contributed by atoms with E-state index in [2.05, 4.69) is 4.98 Å². The van der Waals surface area contributed by atoms with Gasteiger partial charge in [0.2, 0.25) is 0 Å². The molecular formula is C28H24ClNO3. The van der Waals surface area contributed by atoms with Crippen LogP contribution in [0.2, 0.25) is 5.02 Å². The molecule has 0 bridgehead atoms. The molecule has 1 N–H and O–H groups in total. The number of rotatable bonds is 6. The number of carbonyl (C=O) groups is 1. The van der Waals surface area contributed by atoms with Crippen LogP contribution in [-0.2, 0) is 10.3 Å². The molecule has 1 unspecified atom stereocenters. The second-order valence-corrected chi connectivity index (χ2v) is 8.53. The Bertz CT molecular complexity index is 1320. The lowest BCUT2D eigenvalue weighted by Crippen LogP contribution is -2.38. The first-order valence-corrected chi connectivity index (χ1v) is 11.0. The zero-order valence-electron chi connectivity index (χ0n) is 18.4. The van der Waals surface area contributed by atoms with Gasteiger partial charge in [0.25, 0.3) is 0 Å². The van der Waals surface area contributed by atoms with E-state index in [4.69, 9.17) is 16.3 Å². The van der Waals surface area contributed by atoms with Gasteiger partial charge in [0.15, 0.2) is 0 Å². The van der Waals surface area contributed by atoms with Crippen LogP contribution in [0.5, 0.6) is 0 Å². The largest absolute Gasteiger partial charge is 0.456 e. The van der Waals surface area contributed by atoms with Gasteiger partial charge in [-0.3, -0.25) is 0 Å². The number of fused-ring (bicyclic) bond motifs is 1. The van der Waals surface area contributed by atoms with E-state index < -0.39 is 17.7 Å². The van der Waals surface area contributed by atoms with Crippen LogP contribution in [0.3, 0.4) is 0 Å². The van der Waals surface area contributed by atoms with E-state index in [1.807, 2.05) is 72.8 Å². The Morgan fingerprint density at radius 3 is 2.55 bits per heavy atom. The fourth-order valence-corrected chi connectivity index (χ4v) is 3.66. The van der Waals surface area contributed by atoms with E-state index in [1.165, 1.54) is 0 Å². The van der Waals surface area contributed by atoms with Crippen molar-refractivity contribution in [2.24, 2.45) is 0 Å². The maximum absolute atomic E-state index is 12.4. The highest BCUT2D eigenvalue weighted by Gasteiger charge is 2.33. The number of carbonyl (C=O) groups excluding carboxylic acids is 1. The van der Waals surface area contributed by atoms with Crippen LogP contribution in [0.25, 0.3) is 23.1 Å². The van der Waals surface area contributed by atoms with E-state index in [9.17, 15) is 9.90 Å². The average molecular weight is 458 g/mol. The topological polar surface area (TPSA) is 59.4 Å². The zero-order valence-corrected chi connectivity index (χ0v) is 19.2. The number of hydrogen-bond acceptors (Lipinski definition) is 4. The number of hydrogen-bond donors (Lipinski definition) is 1. The summed E-state index contributed by atoms with van der Waals surface area (Å²) < 4.78 is 5.55. The van der Waals surface area contributed by atoms with Crippen molar-refractivity contribution in [1.29, 1.82) is 0 Å². The van der Waals surface area contributed by atoms with Crippen LogP contribution >= 0.6 is 11.6 Å². The lowest BCUT2D eigenvalue weighted by molar-refractivity contribution is -0.0710. The maximum Gasteiger partial charge on any atom is 0.338 e. The van der Waals surface area contributed by atoms with Crippen molar-refractivity contribution in [3.8, 4) is 0 Å². The Labute approximate surface area is 198 Å². The summed E-state index contributed by atoms with van der Waals surface area (Å²) in [5.41, 5.74) is 2.24. The Kier molecular flexibility index (Phi) is 6.59. The zero-order chi connectivity index (χ0) is 23.4. The Balaban J connectivity index is 1.52. The summed E-state index contributed by atoms with van der Waals surface area (Å²) in [5.74, 6) is -0.470. The lowest BCUT2D eigenvalue weighted by atomic mass is 9.89. The third kappa shape index (κ3) is 5.30. The number of benzene rings is 3. The molecule has 4 rings (SSSR count). The smallest absolute Gasteiger partial charge is 0.338 e. The molecular weight excluding hydrogens is 434 g/mol. The highest BCUT2D eigenvalue weighted by atomic mass is 35.5. The molecule has 0 saturated carbocycles. The van der Waals surface area contributed by atoms with Crippen LogP contribution in [0.4, 0.5) is 0 Å². The summed E-state index contributed by atoms with van der Waals surface area (Å²) >= 11 is 6.08. The summed E-state index contributed by atoms with van der Waals surface area (Å²) in [4.78, 5) is 17.0. The molecule has 5 heteroatoms. The summed E-state index contributed by atoms with van der Waals surface area (Å²) in [6, 6.07) is 25.8. The van der Waals surface area contributed by atoms with Gasteiger partial charge in [-0.05, 0) is 67.4 Å². The lowest BCUT2D eigenvalue weighted by Gasteiger charge is -2.30. The SMILES string of the molecule is CC(OC(=O)c1ccccc1)[C@](C)(O)c1cccc(/C=C/c2ccc3ccc(Cl)cc3n2)c1. The van der Waals surface area contributed by atoms with Crippen molar-refractivity contribution in [3.05, 3.63) is 112 Å². The predicted molar refractivity (Wildman–Crippen MR) is 133 cm³/mol. The first-order chi connectivity index (χ1) is 15.8. The number of halogens is 1. The molecule has 4 nitrogen and oxygen atoms in total. The van der Waals surface area contributed by atoms with Crippen molar-refractivity contribution >= 4 is 40.6 Å². The normalized spacial score (nSPS) is 14.2. The van der Waals surface area contributed by atoms with Gasteiger partial charge in [0.05, 0.1) is 16.8 Å². The second-order valence-electron chi connectivity index (χ2n) is 8.09. The van der Waals surface area contributed by atoms with Gasteiger partial charge in [-0.2, -0.15) is 0 Å². The van der Waals surface area contributed by atoms with Crippen molar-refractivity contribution in [1.82, 2.24) is 4.98 Å². The van der Waals surface area contributed by atoms with Crippen molar-refractivity contribution < 1.29 is 14.6 Å². The van der Waals surface area contributed by atoms with Gasteiger partial charge in [-0.15, -0.1) is 0 Å². The molecule has 0 radical (unpaired) electrons. The molecule has 0 amide bonds. The summed E-state index contributed by atoms with van der Waals surface area (Å²) in [7, 11) is 0. The number of ether oxygens (including phenoxy) is 1. The molecule has 0 spiro atoms. The van der Waals surface area contributed by atoms with E-state index in [1.54, 1.807) is 38.1 Å². The molecule has 1 heterocycles. The third-order valence-electron chi connectivity index (χ3n) is 5.68. The second kappa shape index (κ2) is 9.57. The van der Waals surface area contributed by atoms with Gasteiger partial charge in [-0.25, -0.2) is 9.78 Å². The molecule has 0 fully saturated rings. The van der Waals surface area contributed by atoms with Gasteiger partial charge in [0.1, 0.15) is 11.7 Å². The molecule has 2 atom stereocenters. The van der Waals surface area contributed by atoms with Crippen LogP contribution in [0.15, 0.2) is 84.9 Å². The Morgan fingerprint density at radius 1 is 1.00 bits per heavy atom. The standard InChI is InChI=1S/C28H24ClNO3/c1-19(33-27(31)22-8-4-3-5-9-22)28(2,32)23-10-6-7-20(17-23)11-15-25-16-13-21-12-14-24(29)18-26(21)30-25/h3-19,32H,1-2H3/b15-11+/t19?,28-/m0/s1. The van der Waals surface area contributed by atoms with E-state index in [-0.39, 0.29) is 0 Å². The molecule has 4 aromatic rings. The van der Waals surface area contributed by atoms with Gasteiger partial charge >= 0.3 is 5.97 Å². The molecule has 0 aliphatic carbocycles. The molecule has 33 heavy (non-hydrogen) atoms. The fraction of sp³-hybridized carbons (Fsp3) is 0.143. The average Bonchev–Trinajstić information content (AvgIpc) is 2.83. The van der Waals surface area contributed by atoms with E-state index >= 15 is 0 Å². The number of pyridine rings is 1. The number of nitrogens with zero attached hydrogens (tertiary/aromatic N) is 1. The monoisotopic (exact) mass is 457 g/mol. The maximum atomic E-state index is 12.4. The minimum absolute atomic E-state index is 0.445.